The highest BCUT2D eigenvalue weighted by molar-refractivity contribution is 6.15. The smallest absolute Gasteiger partial charge is 0.164 e. The molecule has 0 unspecified atom stereocenters. The molecule has 0 aliphatic carbocycles. The molecule has 0 N–H and O–H groups in total. The van der Waals surface area contributed by atoms with Crippen LogP contribution in [0.4, 0.5) is 0 Å². The summed E-state index contributed by atoms with van der Waals surface area (Å²) in [6, 6.07) is 72.4. The Morgan fingerprint density at radius 3 is 1.31 bits per heavy atom. The molecule has 0 bridgehead atoms. The average molecular weight is 790 g/mol. The summed E-state index contributed by atoms with van der Waals surface area (Å²) in [6.07, 6.45) is 1.87. The van der Waals surface area contributed by atoms with E-state index in [0.29, 0.717) is 17.5 Å². The van der Waals surface area contributed by atoms with Crippen LogP contribution in [0.1, 0.15) is 0 Å². The lowest BCUT2D eigenvalue weighted by atomic mass is 9.90. The third-order valence-corrected chi connectivity index (χ3v) is 11.9. The van der Waals surface area contributed by atoms with Gasteiger partial charge < -0.3 is 0 Å². The van der Waals surface area contributed by atoms with Crippen molar-refractivity contribution < 1.29 is 0 Å². The van der Waals surface area contributed by atoms with Crippen LogP contribution in [0.2, 0.25) is 0 Å². The second-order valence-corrected chi connectivity index (χ2v) is 15.6. The Balaban J connectivity index is 0.896. The van der Waals surface area contributed by atoms with Crippen LogP contribution in [0, 0.1) is 0 Å². The monoisotopic (exact) mass is 789 g/mol. The Morgan fingerprint density at radius 2 is 0.710 bits per heavy atom. The molecule has 0 saturated carbocycles. The summed E-state index contributed by atoms with van der Waals surface area (Å²) >= 11 is 0. The molecule has 0 aliphatic heterocycles. The van der Waals surface area contributed by atoms with Gasteiger partial charge in [0.1, 0.15) is 0 Å². The van der Waals surface area contributed by atoms with Crippen LogP contribution in [-0.2, 0) is 0 Å². The van der Waals surface area contributed by atoms with Crippen molar-refractivity contribution in [2.24, 2.45) is 0 Å². The minimum atomic E-state index is 0.639. The van der Waals surface area contributed by atoms with E-state index in [9.17, 15) is 0 Å². The summed E-state index contributed by atoms with van der Waals surface area (Å²) in [5.74, 6) is 1.94. The summed E-state index contributed by atoms with van der Waals surface area (Å²) in [7, 11) is 0. The highest BCUT2D eigenvalue weighted by Gasteiger charge is 2.16. The first-order valence-electron chi connectivity index (χ1n) is 20.8. The summed E-state index contributed by atoms with van der Waals surface area (Å²) < 4.78 is 0. The summed E-state index contributed by atoms with van der Waals surface area (Å²) in [4.78, 5) is 24.9. The lowest BCUT2D eigenvalue weighted by Crippen LogP contribution is -2.00. The number of rotatable bonds is 6. The first-order chi connectivity index (χ1) is 30.7. The van der Waals surface area contributed by atoms with Gasteiger partial charge in [0.05, 0.1) is 16.6 Å². The van der Waals surface area contributed by atoms with E-state index in [-0.39, 0.29) is 0 Å². The van der Waals surface area contributed by atoms with Crippen molar-refractivity contribution in [1.29, 1.82) is 0 Å². The summed E-state index contributed by atoms with van der Waals surface area (Å²) in [6.45, 7) is 0. The standard InChI is InChI=1S/C57H35N5/c1-3-13-40(14-4-1)55-60-56(41-15-5-2-6-16-41)62-57(61-55)42-28-25-38(26-29-42)46-32-31-45(48-18-9-10-19-49(46)48)37-21-23-39(24-22-37)51-35-44-34-43-30-27-36-12-7-8-17-47(36)52(43)59-53(44)54-50(51)20-11-33-58-54/h1-35H. The van der Waals surface area contributed by atoms with Gasteiger partial charge in [0.15, 0.2) is 17.5 Å². The third kappa shape index (κ3) is 6.14. The van der Waals surface area contributed by atoms with Crippen LogP contribution < -0.4 is 0 Å². The van der Waals surface area contributed by atoms with E-state index in [0.717, 1.165) is 77.0 Å². The summed E-state index contributed by atoms with van der Waals surface area (Å²) in [5, 5.41) is 8.02. The molecule has 9 aromatic carbocycles. The SMILES string of the molecule is c1ccc(-c2nc(-c3ccccc3)nc(-c3ccc(-c4ccc(-c5ccc(-c6cc7cc8ccc9ccccc9c8nc7c7ncccc67)cc5)c5ccccc45)cc3)n2)cc1. The predicted molar refractivity (Wildman–Crippen MR) is 256 cm³/mol. The zero-order chi connectivity index (χ0) is 41.0. The van der Waals surface area contributed by atoms with Gasteiger partial charge in [-0.2, -0.15) is 0 Å². The number of fused-ring (bicyclic) bond motifs is 7. The first kappa shape index (κ1) is 35.5. The van der Waals surface area contributed by atoms with Crippen LogP contribution in [0.5, 0.6) is 0 Å². The molecule has 12 rings (SSSR count). The molecule has 5 heteroatoms. The van der Waals surface area contributed by atoms with Gasteiger partial charge in [-0.1, -0.05) is 188 Å². The zero-order valence-electron chi connectivity index (χ0n) is 33.4. The van der Waals surface area contributed by atoms with Crippen molar-refractivity contribution in [3.05, 3.63) is 212 Å². The fourth-order valence-electron chi connectivity index (χ4n) is 8.88. The first-order valence-corrected chi connectivity index (χ1v) is 20.8. The number of hydrogen-bond donors (Lipinski definition) is 0. The van der Waals surface area contributed by atoms with Gasteiger partial charge in [-0.15, -0.1) is 0 Å². The molecule has 3 aromatic heterocycles. The van der Waals surface area contributed by atoms with Crippen LogP contribution in [0.3, 0.4) is 0 Å². The molecule has 0 saturated heterocycles. The number of nitrogens with zero attached hydrogens (tertiary/aromatic N) is 5. The predicted octanol–water partition coefficient (Wildman–Crippen LogP) is 14.4. The average Bonchev–Trinajstić information content (AvgIpc) is 3.36. The number of pyridine rings is 2. The van der Waals surface area contributed by atoms with Gasteiger partial charge in [-0.05, 0) is 67.7 Å². The molecular formula is C57H35N5. The Kier molecular flexibility index (Phi) is 8.42. The van der Waals surface area contributed by atoms with Gasteiger partial charge in [0.25, 0.3) is 0 Å². The van der Waals surface area contributed by atoms with Gasteiger partial charge in [-0.25, -0.2) is 19.9 Å². The van der Waals surface area contributed by atoms with Crippen molar-refractivity contribution >= 4 is 54.3 Å². The normalized spacial score (nSPS) is 11.5. The van der Waals surface area contributed by atoms with E-state index >= 15 is 0 Å². The third-order valence-electron chi connectivity index (χ3n) is 11.9. The second-order valence-electron chi connectivity index (χ2n) is 15.6. The fraction of sp³-hybridized carbons (Fsp3) is 0. The van der Waals surface area contributed by atoms with Crippen molar-refractivity contribution in [2.45, 2.75) is 0 Å². The molecule has 0 radical (unpaired) electrons. The van der Waals surface area contributed by atoms with Gasteiger partial charge in [-0.3, -0.25) is 4.98 Å². The van der Waals surface area contributed by atoms with E-state index in [2.05, 4.69) is 140 Å². The largest absolute Gasteiger partial charge is 0.254 e. The number of hydrogen-bond acceptors (Lipinski definition) is 5. The van der Waals surface area contributed by atoms with Crippen LogP contribution >= 0.6 is 0 Å². The van der Waals surface area contributed by atoms with Crippen molar-refractivity contribution in [3.8, 4) is 67.5 Å². The van der Waals surface area contributed by atoms with Crippen molar-refractivity contribution in [2.75, 3.05) is 0 Å². The van der Waals surface area contributed by atoms with Gasteiger partial charge in [0, 0.05) is 44.4 Å². The maximum absolute atomic E-state index is 5.26. The Hall–Kier alpha value is -8.41. The molecule has 3 heterocycles. The molecule has 0 aliphatic rings. The lowest BCUT2D eigenvalue weighted by molar-refractivity contribution is 1.07. The molecule has 0 atom stereocenters. The van der Waals surface area contributed by atoms with Crippen LogP contribution in [-0.4, -0.2) is 24.9 Å². The van der Waals surface area contributed by atoms with E-state index in [1.54, 1.807) is 0 Å². The van der Waals surface area contributed by atoms with Crippen LogP contribution in [0.25, 0.3) is 122 Å². The fourth-order valence-corrected chi connectivity index (χ4v) is 8.88. The molecule has 288 valence electrons. The molecule has 62 heavy (non-hydrogen) atoms. The zero-order valence-corrected chi connectivity index (χ0v) is 33.4. The number of benzene rings is 9. The minimum Gasteiger partial charge on any atom is -0.254 e. The highest BCUT2D eigenvalue weighted by atomic mass is 15.0. The number of aromatic nitrogens is 5. The minimum absolute atomic E-state index is 0.639. The van der Waals surface area contributed by atoms with Crippen molar-refractivity contribution in [3.63, 3.8) is 0 Å². The molecule has 0 fully saturated rings. The Morgan fingerprint density at radius 1 is 0.242 bits per heavy atom. The molecule has 12 aromatic rings. The highest BCUT2D eigenvalue weighted by Crippen LogP contribution is 2.39. The quantitative estimate of drug-likeness (QED) is 0.124. The molecule has 0 spiro atoms. The molecular weight excluding hydrogens is 755 g/mol. The van der Waals surface area contributed by atoms with E-state index in [4.69, 9.17) is 24.9 Å². The topological polar surface area (TPSA) is 64.5 Å². The molecule has 0 amide bonds. The molecule has 5 nitrogen and oxygen atoms in total. The maximum Gasteiger partial charge on any atom is 0.164 e. The van der Waals surface area contributed by atoms with Gasteiger partial charge >= 0.3 is 0 Å². The van der Waals surface area contributed by atoms with E-state index in [1.165, 1.54) is 27.3 Å². The Labute approximate surface area is 357 Å². The van der Waals surface area contributed by atoms with E-state index in [1.807, 2.05) is 72.9 Å². The van der Waals surface area contributed by atoms with E-state index < -0.39 is 0 Å². The second kappa shape index (κ2) is 14.7. The summed E-state index contributed by atoms with van der Waals surface area (Å²) in [5.41, 5.74) is 12.6. The maximum atomic E-state index is 5.26. The van der Waals surface area contributed by atoms with Crippen molar-refractivity contribution in [1.82, 2.24) is 24.9 Å². The Bertz CT molecular complexity index is 3600. The van der Waals surface area contributed by atoms with Gasteiger partial charge in [0.2, 0.25) is 0 Å². The van der Waals surface area contributed by atoms with Crippen LogP contribution in [0.15, 0.2) is 212 Å². The lowest BCUT2D eigenvalue weighted by Gasteiger charge is -2.14.